The molecular weight excluding hydrogens is 386 g/mol. The predicted octanol–water partition coefficient (Wildman–Crippen LogP) is 3.63. The number of benzene rings is 1. The molecule has 10 heteroatoms. The molecule has 1 saturated heterocycles. The molecule has 0 aliphatic carbocycles. The molecule has 3 aromatic rings. The van der Waals surface area contributed by atoms with Crippen molar-refractivity contribution >= 4 is 38.5 Å². The number of hydrogen-bond donors (Lipinski definition) is 0. The molecule has 3 heterocycles. The second-order valence-electron chi connectivity index (χ2n) is 6.25. The third-order valence-corrected chi connectivity index (χ3v) is 5.50. The van der Waals surface area contributed by atoms with E-state index in [0.717, 1.165) is 17.5 Å². The smallest absolute Gasteiger partial charge is 0.433 e. The number of nitro groups is 1. The number of thiazole rings is 1. The van der Waals surface area contributed by atoms with Crippen LogP contribution in [0.5, 0.6) is 5.75 Å². The maximum Gasteiger partial charge on any atom is 0.433 e. The molecule has 1 aromatic carbocycles. The van der Waals surface area contributed by atoms with E-state index in [2.05, 4.69) is 4.98 Å². The molecule has 1 aliphatic rings. The van der Waals surface area contributed by atoms with Crippen molar-refractivity contribution in [1.82, 2.24) is 4.98 Å². The average molecular weight is 403 g/mol. The standard InChI is InChI=1S/C18H17N3O6S/c1-25-12-5-2-6-14-16(12)19-18(28-14)20(10-11-4-3-9-26-11)17(22)13-7-8-15(27-13)21(23)24/h2,5-8,11H,3-4,9-10H2,1H3. The van der Waals surface area contributed by atoms with Gasteiger partial charge in [-0.25, -0.2) is 4.98 Å². The summed E-state index contributed by atoms with van der Waals surface area (Å²) in [5.41, 5.74) is 0.653. The van der Waals surface area contributed by atoms with Gasteiger partial charge in [0, 0.05) is 6.61 Å². The van der Waals surface area contributed by atoms with Crippen molar-refractivity contribution in [3.05, 3.63) is 46.2 Å². The van der Waals surface area contributed by atoms with Crippen LogP contribution in [0.3, 0.4) is 0 Å². The quantitative estimate of drug-likeness (QED) is 0.457. The van der Waals surface area contributed by atoms with Gasteiger partial charge in [-0.3, -0.25) is 19.8 Å². The molecule has 4 rings (SSSR count). The van der Waals surface area contributed by atoms with Gasteiger partial charge < -0.3 is 13.9 Å². The molecule has 9 nitrogen and oxygen atoms in total. The lowest BCUT2D eigenvalue weighted by Crippen LogP contribution is -2.37. The number of methoxy groups -OCH3 is 1. The maximum absolute atomic E-state index is 13.1. The summed E-state index contributed by atoms with van der Waals surface area (Å²) < 4.78 is 17.0. The Morgan fingerprint density at radius 1 is 1.43 bits per heavy atom. The van der Waals surface area contributed by atoms with E-state index in [0.29, 0.717) is 23.0 Å². The van der Waals surface area contributed by atoms with Crippen molar-refractivity contribution in [1.29, 1.82) is 0 Å². The minimum atomic E-state index is -0.677. The second kappa shape index (κ2) is 7.56. The van der Waals surface area contributed by atoms with E-state index < -0.39 is 16.7 Å². The molecule has 146 valence electrons. The molecule has 1 fully saturated rings. The first-order valence-corrected chi connectivity index (χ1v) is 9.49. The number of amides is 1. The Morgan fingerprint density at radius 3 is 2.96 bits per heavy atom. The largest absolute Gasteiger partial charge is 0.494 e. The van der Waals surface area contributed by atoms with E-state index in [1.165, 1.54) is 28.4 Å². The summed E-state index contributed by atoms with van der Waals surface area (Å²) in [6.07, 6.45) is 1.63. The van der Waals surface area contributed by atoms with Crippen LogP contribution >= 0.6 is 11.3 Å². The molecular formula is C18H17N3O6S. The topological polar surface area (TPSA) is 108 Å². The molecule has 0 bridgehead atoms. The number of furan rings is 1. The average Bonchev–Trinajstić information content (AvgIpc) is 3.45. The highest BCUT2D eigenvalue weighted by Gasteiger charge is 2.30. The number of carbonyl (C=O) groups excluding carboxylic acids is 1. The fourth-order valence-electron chi connectivity index (χ4n) is 3.11. The van der Waals surface area contributed by atoms with Gasteiger partial charge in [0.25, 0.3) is 5.91 Å². The van der Waals surface area contributed by atoms with Crippen molar-refractivity contribution in [3.8, 4) is 5.75 Å². The van der Waals surface area contributed by atoms with Crippen LogP contribution < -0.4 is 9.64 Å². The minimum absolute atomic E-state index is 0.115. The Kier molecular flexibility index (Phi) is 4.97. The number of rotatable bonds is 6. The highest BCUT2D eigenvalue weighted by molar-refractivity contribution is 7.22. The molecule has 0 radical (unpaired) electrons. The summed E-state index contributed by atoms with van der Waals surface area (Å²) >= 11 is 1.34. The van der Waals surface area contributed by atoms with E-state index in [4.69, 9.17) is 13.9 Å². The van der Waals surface area contributed by atoms with E-state index in [1.807, 2.05) is 12.1 Å². The van der Waals surface area contributed by atoms with Crippen LogP contribution in [0, 0.1) is 10.1 Å². The molecule has 28 heavy (non-hydrogen) atoms. The summed E-state index contributed by atoms with van der Waals surface area (Å²) in [4.78, 5) is 29.3. The van der Waals surface area contributed by atoms with E-state index >= 15 is 0 Å². The van der Waals surface area contributed by atoms with Gasteiger partial charge in [-0.2, -0.15) is 0 Å². The molecule has 1 unspecified atom stereocenters. The summed E-state index contributed by atoms with van der Waals surface area (Å²) in [6.45, 7) is 0.933. The highest BCUT2D eigenvalue weighted by atomic mass is 32.1. The SMILES string of the molecule is COc1cccc2sc(N(CC3CCCO3)C(=O)c3ccc([N+](=O)[O-])o3)nc12. The third kappa shape index (κ3) is 3.43. The number of ether oxygens (including phenoxy) is 2. The van der Waals surface area contributed by atoms with Gasteiger partial charge in [-0.15, -0.1) is 0 Å². The molecule has 1 aliphatic heterocycles. The first-order chi connectivity index (χ1) is 13.6. The van der Waals surface area contributed by atoms with Gasteiger partial charge in [0.1, 0.15) is 16.2 Å². The first kappa shape index (κ1) is 18.4. The molecule has 2 aromatic heterocycles. The summed E-state index contributed by atoms with van der Waals surface area (Å²) in [7, 11) is 1.56. The minimum Gasteiger partial charge on any atom is -0.494 e. The third-order valence-electron chi connectivity index (χ3n) is 4.46. The lowest BCUT2D eigenvalue weighted by molar-refractivity contribution is -0.402. The van der Waals surface area contributed by atoms with Crippen molar-refractivity contribution < 1.29 is 23.6 Å². The second-order valence-corrected chi connectivity index (χ2v) is 7.26. The molecule has 0 spiro atoms. The van der Waals surface area contributed by atoms with Gasteiger partial charge >= 0.3 is 5.88 Å². The van der Waals surface area contributed by atoms with Crippen molar-refractivity contribution in [2.24, 2.45) is 0 Å². The summed E-state index contributed by atoms with van der Waals surface area (Å²) in [5, 5.41) is 11.3. The van der Waals surface area contributed by atoms with Crippen LogP contribution in [-0.2, 0) is 4.74 Å². The van der Waals surface area contributed by atoms with Crippen molar-refractivity contribution in [2.75, 3.05) is 25.2 Å². The number of carbonyl (C=O) groups is 1. The fourth-order valence-corrected chi connectivity index (χ4v) is 4.10. The summed E-state index contributed by atoms with van der Waals surface area (Å²) in [6, 6.07) is 8.01. The molecule has 0 saturated carbocycles. The number of anilines is 1. The Labute approximate surface area is 163 Å². The number of fused-ring (bicyclic) bond motifs is 1. The Bertz CT molecular complexity index is 1020. The van der Waals surface area contributed by atoms with Crippen LogP contribution in [0.25, 0.3) is 10.2 Å². The normalized spacial score (nSPS) is 16.4. The first-order valence-electron chi connectivity index (χ1n) is 8.68. The number of para-hydroxylation sites is 1. The molecule has 0 N–H and O–H groups in total. The number of aromatic nitrogens is 1. The zero-order chi connectivity index (χ0) is 19.7. The zero-order valence-electron chi connectivity index (χ0n) is 15.0. The molecule has 1 atom stereocenters. The van der Waals surface area contributed by atoms with Gasteiger partial charge in [-0.05, 0) is 31.0 Å². The van der Waals surface area contributed by atoms with E-state index in [-0.39, 0.29) is 18.4 Å². The lowest BCUT2D eigenvalue weighted by atomic mass is 10.2. The van der Waals surface area contributed by atoms with Gasteiger partial charge in [0.15, 0.2) is 10.9 Å². The summed E-state index contributed by atoms with van der Waals surface area (Å²) in [5.74, 6) is -0.484. The Balaban J connectivity index is 1.72. The van der Waals surface area contributed by atoms with Gasteiger partial charge in [0.05, 0.1) is 30.5 Å². The highest BCUT2D eigenvalue weighted by Crippen LogP contribution is 2.35. The zero-order valence-corrected chi connectivity index (χ0v) is 15.8. The van der Waals surface area contributed by atoms with Gasteiger partial charge in [-0.1, -0.05) is 17.4 Å². The van der Waals surface area contributed by atoms with Crippen LogP contribution in [0.2, 0.25) is 0 Å². The fraction of sp³-hybridized carbons (Fsp3) is 0.333. The monoisotopic (exact) mass is 403 g/mol. The van der Waals surface area contributed by atoms with Crippen LogP contribution in [0.1, 0.15) is 23.4 Å². The van der Waals surface area contributed by atoms with Crippen LogP contribution in [-0.4, -0.2) is 42.2 Å². The predicted molar refractivity (Wildman–Crippen MR) is 102 cm³/mol. The van der Waals surface area contributed by atoms with E-state index in [1.54, 1.807) is 13.2 Å². The Morgan fingerprint density at radius 2 is 2.29 bits per heavy atom. The van der Waals surface area contributed by atoms with E-state index in [9.17, 15) is 14.9 Å². The number of hydrogen-bond acceptors (Lipinski definition) is 8. The van der Waals surface area contributed by atoms with Crippen LogP contribution in [0.15, 0.2) is 34.7 Å². The van der Waals surface area contributed by atoms with Crippen molar-refractivity contribution in [3.63, 3.8) is 0 Å². The lowest BCUT2D eigenvalue weighted by Gasteiger charge is -2.21. The Hall–Kier alpha value is -2.98. The van der Waals surface area contributed by atoms with Crippen LogP contribution in [0.4, 0.5) is 11.0 Å². The van der Waals surface area contributed by atoms with Crippen molar-refractivity contribution in [2.45, 2.75) is 18.9 Å². The maximum atomic E-state index is 13.1. The molecule has 1 amide bonds. The number of nitrogens with zero attached hydrogens (tertiary/aromatic N) is 3. The van der Waals surface area contributed by atoms with Gasteiger partial charge in [0.2, 0.25) is 0 Å².